The van der Waals surface area contributed by atoms with Crippen LogP contribution in [0.4, 0.5) is 10.1 Å². The number of anilines is 1. The summed E-state index contributed by atoms with van der Waals surface area (Å²) in [5.74, 6) is -0.479. The Morgan fingerprint density at radius 1 is 1.25 bits per heavy atom. The normalized spacial score (nSPS) is 11.6. The van der Waals surface area contributed by atoms with Gasteiger partial charge in [-0.2, -0.15) is 0 Å². The van der Waals surface area contributed by atoms with Crippen molar-refractivity contribution in [2.75, 3.05) is 4.72 Å². The zero-order chi connectivity index (χ0) is 14.9. The molecule has 0 unspecified atom stereocenters. The Hall–Kier alpha value is -1.44. The van der Waals surface area contributed by atoms with Gasteiger partial charge in [-0.1, -0.05) is 0 Å². The summed E-state index contributed by atoms with van der Waals surface area (Å²) in [6.45, 7) is 3.71. The van der Waals surface area contributed by atoms with Crippen molar-refractivity contribution in [1.82, 2.24) is 0 Å². The van der Waals surface area contributed by atoms with E-state index in [1.807, 2.05) is 0 Å². The van der Waals surface area contributed by atoms with Gasteiger partial charge in [0.25, 0.3) is 10.0 Å². The molecule has 0 aliphatic rings. The molecular weight excluding hydrogens is 299 g/mol. The van der Waals surface area contributed by atoms with Crippen LogP contribution in [0, 0.1) is 19.7 Å². The van der Waals surface area contributed by atoms with Crippen LogP contribution in [0.1, 0.15) is 15.3 Å². The smallest absolute Gasteiger partial charge is 0.263 e. The minimum atomic E-state index is -3.73. The molecule has 4 nitrogen and oxygen atoms in total. The molecule has 1 aromatic heterocycles. The minimum Gasteiger partial charge on any atom is -0.326 e. The molecule has 3 N–H and O–H groups in total. The molecule has 0 spiro atoms. The molecule has 20 heavy (non-hydrogen) atoms. The van der Waals surface area contributed by atoms with Crippen molar-refractivity contribution in [3.63, 3.8) is 0 Å². The Labute approximate surface area is 121 Å². The van der Waals surface area contributed by atoms with Crippen LogP contribution >= 0.6 is 11.3 Å². The quantitative estimate of drug-likeness (QED) is 0.911. The van der Waals surface area contributed by atoms with Gasteiger partial charge in [0.2, 0.25) is 0 Å². The number of benzene rings is 1. The Balaban J connectivity index is 2.37. The Morgan fingerprint density at radius 2 is 1.95 bits per heavy atom. The molecule has 1 aromatic carbocycles. The maximum Gasteiger partial charge on any atom is 0.263 e. The van der Waals surface area contributed by atoms with Crippen molar-refractivity contribution < 1.29 is 12.8 Å². The maximum atomic E-state index is 13.3. The van der Waals surface area contributed by atoms with Crippen molar-refractivity contribution in [3.05, 3.63) is 45.4 Å². The molecule has 0 radical (unpaired) electrons. The van der Waals surface area contributed by atoms with Crippen molar-refractivity contribution in [2.24, 2.45) is 5.73 Å². The largest absolute Gasteiger partial charge is 0.326 e. The fourth-order valence-electron chi connectivity index (χ4n) is 1.90. The lowest BCUT2D eigenvalue weighted by molar-refractivity contribution is 0.601. The first-order valence-corrected chi connectivity index (χ1v) is 8.21. The Morgan fingerprint density at radius 3 is 2.50 bits per heavy atom. The van der Waals surface area contributed by atoms with Crippen molar-refractivity contribution in [3.8, 4) is 0 Å². The Kier molecular flexibility index (Phi) is 4.12. The van der Waals surface area contributed by atoms with Crippen LogP contribution < -0.4 is 10.5 Å². The molecule has 2 rings (SSSR count). The highest BCUT2D eigenvalue weighted by molar-refractivity contribution is 7.93. The van der Waals surface area contributed by atoms with Gasteiger partial charge >= 0.3 is 0 Å². The fourth-order valence-corrected chi connectivity index (χ4v) is 4.45. The third-order valence-corrected chi connectivity index (χ3v) is 5.42. The average molecular weight is 314 g/mol. The van der Waals surface area contributed by atoms with Crippen molar-refractivity contribution >= 4 is 27.0 Å². The predicted molar refractivity (Wildman–Crippen MR) is 78.9 cm³/mol. The standard InChI is InChI=1S/C13H15FN2O2S2/c1-8-3-10(14)5-11(4-8)16-20(17,18)13-6-12(7-15)19-9(13)2/h3-6,16H,7,15H2,1-2H3. The van der Waals surface area contributed by atoms with E-state index in [0.717, 1.165) is 10.9 Å². The monoisotopic (exact) mass is 314 g/mol. The first kappa shape index (κ1) is 15.0. The number of hydrogen-bond acceptors (Lipinski definition) is 4. The van der Waals surface area contributed by atoms with Crippen LogP contribution in [-0.2, 0) is 16.6 Å². The maximum absolute atomic E-state index is 13.3. The molecule has 2 aromatic rings. The first-order chi connectivity index (χ1) is 9.31. The molecular formula is C13H15FN2O2S2. The number of nitrogens with two attached hydrogens (primary N) is 1. The lowest BCUT2D eigenvalue weighted by Crippen LogP contribution is -2.13. The second-order valence-corrected chi connectivity index (χ2v) is 7.45. The highest BCUT2D eigenvalue weighted by Gasteiger charge is 2.20. The number of aryl methyl sites for hydroxylation is 2. The van der Waals surface area contributed by atoms with E-state index in [9.17, 15) is 12.8 Å². The van der Waals surface area contributed by atoms with Crippen LogP contribution in [0.2, 0.25) is 0 Å². The SMILES string of the molecule is Cc1cc(F)cc(NS(=O)(=O)c2cc(CN)sc2C)c1. The van der Waals surface area contributed by atoms with Crippen LogP contribution in [0.15, 0.2) is 29.2 Å². The van der Waals surface area contributed by atoms with Crippen LogP contribution in [-0.4, -0.2) is 8.42 Å². The van der Waals surface area contributed by atoms with Gasteiger partial charge in [0, 0.05) is 16.3 Å². The molecule has 0 bridgehead atoms. The molecule has 0 amide bonds. The van der Waals surface area contributed by atoms with Gasteiger partial charge in [-0.3, -0.25) is 4.72 Å². The molecule has 0 saturated heterocycles. The molecule has 1 heterocycles. The Bertz CT molecular complexity index is 719. The van der Waals surface area contributed by atoms with E-state index >= 15 is 0 Å². The van der Waals surface area contributed by atoms with Gasteiger partial charge in [-0.25, -0.2) is 12.8 Å². The first-order valence-electron chi connectivity index (χ1n) is 5.91. The fraction of sp³-hybridized carbons (Fsp3) is 0.231. The van der Waals surface area contributed by atoms with E-state index in [1.165, 1.54) is 17.4 Å². The van der Waals surface area contributed by atoms with Crippen LogP contribution in [0.5, 0.6) is 0 Å². The summed E-state index contributed by atoms with van der Waals surface area (Å²) in [4.78, 5) is 1.63. The number of sulfonamides is 1. The summed E-state index contributed by atoms with van der Waals surface area (Å²) in [7, 11) is -3.73. The molecule has 108 valence electrons. The topological polar surface area (TPSA) is 72.2 Å². The van der Waals surface area contributed by atoms with E-state index in [4.69, 9.17) is 5.73 Å². The van der Waals surface area contributed by atoms with Crippen molar-refractivity contribution in [1.29, 1.82) is 0 Å². The molecule has 0 fully saturated rings. The van der Waals surface area contributed by atoms with Gasteiger partial charge in [0.05, 0.1) is 5.69 Å². The van der Waals surface area contributed by atoms with Crippen LogP contribution in [0.3, 0.4) is 0 Å². The van der Waals surface area contributed by atoms with E-state index in [1.54, 1.807) is 26.0 Å². The summed E-state index contributed by atoms with van der Waals surface area (Å²) in [6, 6.07) is 5.61. The zero-order valence-electron chi connectivity index (χ0n) is 11.1. The number of thiophene rings is 1. The van der Waals surface area contributed by atoms with E-state index < -0.39 is 15.8 Å². The zero-order valence-corrected chi connectivity index (χ0v) is 12.7. The summed E-state index contributed by atoms with van der Waals surface area (Å²) >= 11 is 1.34. The van der Waals surface area contributed by atoms with Gasteiger partial charge in [-0.15, -0.1) is 11.3 Å². The summed E-state index contributed by atoms with van der Waals surface area (Å²) in [5, 5.41) is 0. The number of hydrogen-bond donors (Lipinski definition) is 2. The number of nitrogens with one attached hydrogen (secondary N) is 1. The third kappa shape index (κ3) is 3.17. The van der Waals surface area contributed by atoms with Crippen LogP contribution in [0.25, 0.3) is 0 Å². The number of rotatable bonds is 4. The van der Waals surface area contributed by atoms with E-state index in [2.05, 4.69) is 4.72 Å². The third-order valence-electron chi connectivity index (χ3n) is 2.71. The summed E-state index contributed by atoms with van der Waals surface area (Å²) < 4.78 is 40.3. The predicted octanol–water partition coefficient (Wildman–Crippen LogP) is 2.76. The number of halogens is 1. The summed E-state index contributed by atoms with van der Waals surface area (Å²) in [5.41, 5.74) is 6.37. The van der Waals surface area contributed by atoms with E-state index in [-0.39, 0.29) is 10.6 Å². The lowest BCUT2D eigenvalue weighted by Gasteiger charge is -2.08. The second-order valence-electron chi connectivity index (χ2n) is 4.46. The lowest BCUT2D eigenvalue weighted by atomic mass is 10.2. The van der Waals surface area contributed by atoms with E-state index in [0.29, 0.717) is 17.0 Å². The van der Waals surface area contributed by atoms with Gasteiger partial charge in [0.15, 0.2) is 0 Å². The molecule has 0 saturated carbocycles. The highest BCUT2D eigenvalue weighted by atomic mass is 32.2. The average Bonchev–Trinajstić information content (AvgIpc) is 2.69. The molecule has 0 aliphatic heterocycles. The summed E-state index contributed by atoms with van der Waals surface area (Å²) in [6.07, 6.45) is 0. The van der Waals surface area contributed by atoms with Gasteiger partial charge in [-0.05, 0) is 43.7 Å². The van der Waals surface area contributed by atoms with Gasteiger partial charge < -0.3 is 5.73 Å². The highest BCUT2D eigenvalue weighted by Crippen LogP contribution is 2.27. The molecule has 0 atom stereocenters. The molecule has 0 aliphatic carbocycles. The molecule has 7 heteroatoms. The second kappa shape index (κ2) is 5.51. The van der Waals surface area contributed by atoms with Gasteiger partial charge in [0.1, 0.15) is 10.7 Å². The van der Waals surface area contributed by atoms with Crippen molar-refractivity contribution in [2.45, 2.75) is 25.3 Å². The minimum absolute atomic E-state index is 0.185.